The van der Waals surface area contributed by atoms with Crippen molar-refractivity contribution in [1.29, 1.82) is 0 Å². The molecule has 2 aromatic carbocycles. The van der Waals surface area contributed by atoms with E-state index >= 15 is 0 Å². The van der Waals surface area contributed by atoms with E-state index in [2.05, 4.69) is 0 Å². The first-order chi connectivity index (χ1) is 12.1. The van der Waals surface area contributed by atoms with Gasteiger partial charge in [-0.1, -0.05) is 30.3 Å². The molecule has 0 aliphatic carbocycles. The summed E-state index contributed by atoms with van der Waals surface area (Å²) >= 11 is 0. The Morgan fingerprint density at radius 2 is 1.80 bits per heavy atom. The molecule has 0 aliphatic heterocycles. The van der Waals surface area contributed by atoms with Crippen LogP contribution in [0.3, 0.4) is 0 Å². The molecule has 1 heterocycles. The van der Waals surface area contributed by atoms with E-state index < -0.39 is 5.97 Å². The van der Waals surface area contributed by atoms with Crippen molar-refractivity contribution < 1.29 is 14.3 Å². The highest BCUT2D eigenvalue weighted by atomic mass is 16.5. The monoisotopic (exact) mass is 337 g/mol. The number of aromatic nitrogens is 1. The molecule has 0 aliphatic rings. The molecular weight excluding hydrogens is 318 g/mol. The lowest BCUT2D eigenvalue weighted by Crippen LogP contribution is -2.26. The number of methoxy groups -OCH3 is 2. The van der Waals surface area contributed by atoms with Gasteiger partial charge in [0.25, 0.3) is 5.56 Å². The number of benzene rings is 2. The molecule has 25 heavy (non-hydrogen) atoms. The largest absolute Gasteiger partial charge is 0.497 e. The minimum absolute atomic E-state index is 0.0495. The molecule has 0 bridgehead atoms. The van der Waals surface area contributed by atoms with Crippen LogP contribution in [0, 0.1) is 0 Å². The van der Waals surface area contributed by atoms with Crippen LogP contribution in [0.4, 0.5) is 0 Å². The lowest BCUT2D eigenvalue weighted by atomic mass is 10.1. The smallest absolute Gasteiger partial charge is 0.310 e. The summed E-state index contributed by atoms with van der Waals surface area (Å²) in [5.41, 5.74) is 1.99. The zero-order valence-corrected chi connectivity index (χ0v) is 14.2. The van der Waals surface area contributed by atoms with Gasteiger partial charge in [0.15, 0.2) is 0 Å². The number of carbonyl (C=O) groups excluding carboxylic acids is 1. The van der Waals surface area contributed by atoms with Gasteiger partial charge in [-0.15, -0.1) is 0 Å². The molecule has 0 spiro atoms. The summed E-state index contributed by atoms with van der Waals surface area (Å²) < 4.78 is 11.7. The molecule has 0 amide bonds. The second-order valence-corrected chi connectivity index (χ2v) is 5.72. The summed E-state index contributed by atoms with van der Waals surface area (Å²) in [5, 5.41) is 0.871. The van der Waals surface area contributed by atoms with Gasteiger partial charge in [0.05, 0.1) is 32.7 Å². The van der Waals surface area contributed by atoms with E-state index in [-0.39, 0.29) is 12.0 Å². The fourth-order valence-electron chi connectivity index (χ4n) is 2.82. The maximum Gasteiger partial charge on any atom is 0.310 e. The van der Waals surface area contributed by atoms with Crippen molar-refractivity contribution in [3.63, 3.8) is 0 Å². The zero-order valence-electron chi connectivity index (χ0n) is 14.2. The summed E-state index contributed by atoms with van der Waals surface area (Å²) in [5.74, 6) is 0.241. The third-order valence-corrected chi connectivity index (χ3v) is 4.12. The predicted molar refractivity (Wildman–Crippen MR) is 96.0 cm³/mol. The molecule has 5 nitrogen and oxygen atoms in total. The van der Waals surface area contributed by atoms with Crippen molar-refractivity contribution in [3.05, 3.63) is 76.1 Å². The van der Waals surface area contributed by atoms with Crippen LogP contribution in [0.5, 0.6) is 5.75 Å². The second kappa shape index (κ2) is 7.21. The Morgan fingerprint density at radius 3 is 2.48 bits per heavy atom. The zero-order chi connectivity index (χ0) is 17.8. The summed E-state index contributed by atoms with van der Waals surface area (Å²) in [6, 6.07) is 17.0. The average Bonchev–Trinajstić information content (AvgIpc) is 2.65. The van der Waals surface area contributed by atoms with Gasteiger partial charge in [0.2, 0.25) is 0 Å². The van der Waals surface area contributed by atoms with Crippen LogP contribution in [0.1, 0.15) is 11.1 Å². The minimum atomic E-state index is -0.434. The summed E-state index contributed by atoms with van der Waals surface area (Å²) in [6.45, 7) is 0.415. The second-order valence-electron chi connectivity index (χ2n) is 5.72. The fraction of sp³-hybridized carbons (Fsp3) is 0.200. The summed E-state index contributed by atoms with van der Waals surface area (Å²) in [4.78, 5) is 24.6. The maximum absolute atomic E-state index is 13.0. The Hall–Kier alpha value is -3.08. The normalized spacial score (nSPS) is 10.6. The molecule has 0 radical (unpaired) electrons. The maximum atomic E-state index is 13.0. The number of hydrogen-bond donors (Lipinski definition) is 0. The van der Waals surface area contributed by atoms with Gasteiger partial charge in [-0.05, 0) is 29.1 Å². The van der Waals surface area contributed by atoms with E-state index in [9.17, 15) is 9.59 Å². The topological polar surface area (TPSA) is 57.5 Å². The predicted octanol–water partition coefficient (Wildman–Crippen LogP) is 2.77. The molecule has 0 saturated heterocycles. The van der Waals surface area contributed by atoms with E-state index in [1.807, 2.05) is 48.5 Å². The molecule has 0 unspecified atom stereocenters. The first-order valence-corrected chi connectivity index (χ1v) is 7.93. The molecule has 3 aromatic rings. The van der Waals surface area contributed by atoms with Gasteiger partial charge in [0.1, 0.15) is 5.75 Å². The Kier molecular flexibility index (Phi) is 4.84. The Morgan fingerprint density at radius 1 is 1.04 bits per heavy atom. The molecule has 128 valence electrons. The van der Waals surface area contributed by atoms with Crippen LogP contribution in [-0.4, -0.2) is 24.8 Å². The first-order valence-electron chi connectivity index (χ1n) is 7.93. The molecule has 3 rings (SSSR count). The van der Waals surface area contributed by atoms with Crippen LogP contribution in [0.15, 0.2) is 59.4 Å². The molecule has 1 aromatic heterocycles. The summed E-state index contributed by atoms with van der Waals surface area (Å²) in [6.07, 6.45) is -0.0495. The van der Waals surface area contributed by atoms with Crippen molar-refractivity contribution >= 4 is 16.9 Å². The Bertz CT molecular complexity index is 961. The number of esters is 1. The van der Waals surface area contributed by atoms with E-state index in [0.29, 0.717) is 17.9 Å². The van der Waals surface area contributed by atoms with Crippen molar-refractivity contribution in [3.8, 4) is 5.75 Å². The number of pyridine rings is 1. The minimum Gasteiger partial charge on any atom is -0.497 e. The third kappa shape index (κ3) is 3.55. The molecular formula is C20H19NO4. The van der Waals surface area contributed by atoms with Crippen molar-refractivity contribution in [1.82, 2.24) is 4.57 Å². The summed E-state index contributed by atoms with van der Waals surface area (Å²) in [7, 11) is 2.91. The van der Waals surface area contributed by atoms with Crippen LogP contribution >= 0.6 is 0 Å². The number of rotatable bonds is 5. The van der Waals surface area contributed by atoms with Gasteiger partial charge in [-0.2, -0.15) is 0 Å². The number of ether oxygens (including phenoxy) is 2. The van der Waals surface area contributed by atoms with Gasteiger partial charge in [-0.3, -0.25) is 9.59 Å². The van der Waals surface area contributed by atoms with Gasteiger partial charge < -0.3 is 14.0 Å². The lowest BCUT2D eigenvalue weighted by Gasteiger charge is -2.14. The Labute approximate surface area is 145 Å². The van der Waals surface area contributed by atoms with E-state index in [1.165, 1.54) is 7.11 Å². The standard InChI is InChI=1S/C20H19NO4/c1-24-17-9-8-15-10-16(11-19(22)25-2)20(23)21(18(15)12-17)13-14-6-4-3-5-7-14/h3-10,12H,11,13H2,1-2H3. The molecule has 0 atom stereocenters. The fourth-order valence-corrected chi connectivity index (χ4v) is 2.82. The number of carbonyl (C=O) groups is 1. The SMILES string of the molecule is COC(=O)Cc1cc2ccc(OC)cc2n(Cc2ccccc2)c1=O. The van der Waals surface area contributed by atoms with Gasteiger partial charge >= 0.3 is 5.97 Å². The molecule has 5 heteroatoms. The average molecular weight is 337 g/mol. The lowest BCUT2D eigenvalue weighted by molar-refractivity contribution is -0.139. The van der Waals surface area contributed by atoms with Gasteiger partial charge in [-0.25, -0.2) is 0 Å². The first kappa shape index (κ1) is 16.8. The third-order valence-electron chi connectivity index (χ3n) is 4.12. The van der Waals surface area contributed by atoms with E-state index in [4.69, 9.17) is 9.47 Å². The van der Waals surface area contributed by atoms with Crippen molar-refractivity contribution in [2.75, 3.05) is 14.2 Å². The number of nitrogens with zero attached hydrogens (tertiary/aromatic N) is 1. The Balaban J connectivity index is 2.19. The van der Waals surface area contributed by atoms with Crippen molar-refractivity contribution in [2.45, 2.75) is 13.0 Å². The van der Waals surface area contributed by atoms with Crippen LogP contribution in [0.2, 0.25) is 0 Å². The van der Waals surface area contributed by atoms with Crippen molar-refractivity contribution in [2.24, 2.45) is 0 Å². The van der Waals surface area contributed by atoms with Crippen LogP contribution in [-0.2, 0) is 22.5 Å². The highest BCUT2D eigenvalue weighted by molar-refractivity contribution is 5.82. The molecule has 0 N–H and O–H groups in total. The quantitative estimate of drug-likeness (QED) is 0.672. The number of fused-ring (bicyclic) bond motifs is 1. The van der Waals surface area contributed by atoms with Gasteiger partial charge in [0, 0.05) is 11.6 Å². The molecule has 0 fully saturated rings. The van der Waals surface area contributed by atoms with E-state index in [1.54, 1.807) is 17.7 Å². The van der Waals surface area contributed by atoms with E-state index in [0.717, 1.165) is 16.5 Å². The van der Waals surface area contributed by atoms with Crippen LogP contribution < -0.4 is 10.3 Å². The van der Waals surface area contributed by atoms with Crippen LogP contribution in [0.25, 0.3) is 10.9 Å². The highest BCUT2D eigenvalue weighted by Gasteiger charge is 2.14. The molecule has 0 saturated carbocycles. The highest BCUT2D eigenvalue weighted by Crippen LogP contribution is 2.21. The number of hydrogen-bond acceptors (Lipinski definition) is 4.